The lowest BCUT2D eigenvalue weighted by Crippen LogP contribution is -2.01. The Labute approximate surface area is 115 Å². The Bertz CT molecular complexity index is 587. The van der Waals surface area contributed by atoms with Gasteiger partial charge in [0.2, 0.25) is 0 Å². The summed E-state index contributed by atoms with van der Waals surface area (Å²) in [6.07, 6.45) is -2.49. The third-order valence-electron chi connectivity index (χ3n) is 2.85. The van der Waals surface area contributed by atoms with Crippen LogP contribution < -0.4 is 10.1 Å². The molecule has 5 heteroatoms. The second-order valence-corrected chi connectivity index (χ2v) is 4.25. The highest BCUT2D eigenvalue weighted by Crippen LogP contribution is 2.23. The van der Waals surface area contributed by atoms with E-state index in [4.69, 9.17) is 4.74 Å². The second kappa shape index (κ2) is 6.32. The quantitative estimate of drug-likeness (QED) is 0.878. The maximum Gasteiger partial charge on any atom is 0.263 e. The molecule has 0 spiro atoms. The summed E-state index contributed by atoms with van der Waals surface area (Å²) in [5.74, 6) is -0.311. The van der Waals surface area contributed by atoms with Gasteiger partial charge in [0.1, 0.15) is 0 Å². The van der Waals surface area contributed by atoms with Crippen LogP contribution in [-0.2, 0) is 6.54 Å². The van der Waals surface area contributed by atoms with Gasteiger partial charge in [0.05, 0.1) is 7.11 Å². The van der Waals surface area contributed by atoms with Crippen molar-refractivity contribution in [2.45, 2.75) is 13.0 Å². The maximum atomic E-state index is 13.2. The van der Waals surface area contributed by atoms with Crippen molar-refractivity contribution in [1.29, 1.82) is 0 Å². The summed E-state index contributed by atoms with van der Waals surface area (Å²) >= 11 is 0. The second-order valence-electron chi connectivity index (χ2n) is 4.25. The van der Waals surface area contributed by atoms with Crippen LogP contribution in [0.4, 0.5) is 18.9 Å². The SMILES string of the molecule is COc1cc(NCc2cccc(C(F)F)c2)ccc1F. The molecule has 0 aliphatic carbocycles. The molecule has 0 bridgehead atoms. The average Bonchev–Trinajstić information content (AvgIpc) is 2.46. The maximum absolute atomic E-state index is 13.2. The lowest BCUT2D eigenvalue weighted by molar-refractivity contribution is 0.151. The topological polar surface area (TPSA) is 21.3 Å². The molecule has 0 aromatic heterocycles. The first-order valence-electron chi connectivity index (χ1n) is 6.04. The molecule has 0 saturated carbocycles. The Morgan fingerprint density at radius 2 is 1.95 bits per heavy atom. The first-order chi connectivity index (χ1) is 9.60. The van der Waals surface area contributed by atoms with Crippen LogP contribution >= 0.6 is 0 Å². The van der Waals surface area contributed by atoms with Gasteiger partial charge in [-0.3, -0.25) is 0 Å². The third kappa shape index (κ3) is 3.44. The van der Waals surface area contributed by atoms with Crippen molar-refractivity contribution in [2.24, 2.45) is 0 Å². The first kappa shape index (κ1) is 14.2. The number of hydrogen-bond donors (Lipinski definition) is 1. The minimum Gasteiger partial charge on any atom is -0.494 e. The predicted octanol–water partition coefficient (Wildman–Crippen LogP) is 4.38. The van der Waals surface area contributed by atoms with Gasteiger partial charge in [-0.1, -0.05) is 18.2 Å². The van der Waals surface area contributed by atoms with Crippen molar-refractivity contribution in [3.63, 3.8) is 0 Å². The number of benzene rings is 2. The predicted molar refractivity (Wildman–Crippen MR) is 71.7 cm³/mol. The van der Waals surface area contributed by atoms with Crippen LogP contribution in [0.1, 0.15) is 17.6 Å². The van der Waals surface area contributed by atoms with Gasteiger partial charge in [-0.15, -0.1) is 0 Å². The molecule has 106 valence electrons. The Morgan fingerprint density at radius 1 is 1.15 bits per heavy atom. The number of hydrogen-bond acceptors (Lipinski definition) is 2. The molecule has 0 saturated heterocycles. The molecule has 0 amide bonds. The molecular weight excluding hydrogens is 267 g/mol. The van der Waals surface area contributed by atoms with Gasteiger partial charge in [-0.05, 0) is 23.8 Å². The molecule has 2 nitrogen and oxygen atoms in total. The molecule has 1 N–H and O–H groups in total. The Hall–Kier alpha value is -2.17. The molecule has 0 heterocycles. The van der Waals surface area contributed by atoms with Crippen LogP contribution in [0.25, 0.3) is 0 Å². The Kier molecular flexibility index (Phi) is 4.50. The monoisotopic (exact) mass is 281 g/mol. The lowest BCUT2D eigenvalue weighted by atomic mass is 10.1. The highest BCUT2D eigenvalue weighted by molar-refractivity contribution is 5.49. The zero-order valence-corrected chi connectivity index (χ0v) is 10.9. The van der Waals surface area contributed by atoms with Crippen molar-refractivity contribution in [3.8, 4) is 5.75 Å². The largest absolute Gasteiger partial charge is 0.494 e. The number of methoxy groups -OCH3 is 1. The number of alkyl halides is 2. The van der Waals surface area contributed by atoms with Crippen molar-refractivity contribution in [2.75, 3.05) is 12.4 Å². The molecule has 0 radical (unpaired) electrons. The molecule has 0 aliphatic heterocycles. The standard InChI is InChI=1S/C15H14F3NO/c1-20-14-8-12(5-6-13(14)16)19-9-10-3-2-4-11(7-10)15(17)18/h2-8,15,19H,9H2,1H3. The van der Waals surface area contributed by atoms with Crippen LogP contribution in [0.15, 0.2) is 42.5 Å². The number of halogens is 3. The number of nitrogens with one attached hydrogen (secondary N) is 1. The van der Waals surface area contributed by atoms with Gasteiger partial charge < -0.3 is 10.1 Å². The molecule has 2 aromatic carbocycles. The van der Waals surface area contributed by atoms with E-state index in [0.717, 1.165) is 5.56 Å². The van der Waals surface area contributed by atoms with Gasteiger partial charge in [0, 0.05) is 23.9 Å². The fourth-order valence-electron chi connectivity index (χ4n) is 1.81. The van der Waals surface area contributed by atoms with E-state index in [-0.39, 0.29) is 11.3 Å². The van der Waals surface area contributed by atoms with Crippen molar-refractivity contribution in [3.05, 3.63) is 59.4 Å². The van der Waals surface area contributed by atoms with Gasteiger partial charge in [-0.2, -0.15) is 0 Å². The molecule has 2 aromatic rings. The van der Waals surface area contributed by atoms with Crippen LogP contribution in [0.3, 0.4) is 0 Å². The van der Waals surface area contributed by atoms with Crippen LogP contribution in [0.5, 0.6) is 5.75 Å². The van der Waals surface area contributed by atoms with E-state index in [1.165, 1.54) is 31.4 Å². The van der Waals surface area contributed by atoms with Gasteiger partial charge in [0.25, 0.3) is 6.43 Å². The molecule has 0 aliphatic rings. The fraction of sp³-hybridized carbons (Fsp3) is 0.200. The molecule has 0 unspecified atom stereocenters. The minimum absolute atomic E-state index is 0.0130. The minimum atomic E-state index is -2.49. The van der Waals surface area contributed by atoms with E-state index in [9.17, 15) is 13.2 Å². The van der Waals surface area contributed by atoms with E-state index < -0.39 is 12.2 Å². The van der Waals surface area contributed by atoms with E-state index >= 15 is 0 Å². The Balaban J connectivity index is 2.07. The summed E-state index contributed by atoms with van der Waals surface area (Å²) < 4.78 is 43.3. The van der Waals surface area contributed by atoms with Crippen LogP contribution in [0.2, 0.25) is 0 Å². The molecule has 20 heavy (non-hydrogen) atoms. The zero-order valence-electron chi connectivity index (χ0n) is 10.9. The van der Waals surface area contributed by atoms with E-state index in [2.05, 4.69) is 5.32 Å². The highest BCUT2D eigenvalue weighted by Gasteiger charge is 2.07. The number of anilines is 1. The van der Waals surface area contributed by atoms with Crippen LogP contribution in [0, 0.1) is 5.82 Å². The summed E-state index contributed by atoms with van der Waals surface area (Å²) in [5, 5.41) is 3.04. The van der Waals surface area contributed by atoms with Gasteiger partial charge in [0.15, 0.2) is 11.6 Å². The summed E-state index contributed by atoms with van der Waals surface area (Å²) in [6.45, 7) is 0.370. The van der Waals surface area contributed by atoms with Crippen LogP contribution in [-0.4, -0.2) is 7.11 Å². The molecular formula is C15H14F3NO. The summed E-state index contributed by atoms with van der Waals surface area (Å²) in [4.78, 5) is 0. The Morgan fingerprint density at radius 3 is 2.65 bits per heavy atom. The van der Waals surface area contributed by atoms with E-state index in [0.29, 0.717) is 12.2 Å². The average molecular weight is 281 g/mol. The first-order valence-corrected chi connectivity index (χ1v) is 6.04. The molecule has 0 fully saturated rings. The molecule has 0 atom stereocenters. The van der Waals surface area contributed by atoms with Crippen molar-refractivity contribution < 1.29 is 17.9 Å². The number of ether oxygens (including phenoxy) is 1. The van der Waals surface area contributed by atoms with E-state index in [1.807, 2.05) is 0 Å². The molecule has 2 rings (SSSR count). The summed E-state index contributed by atoms with van der Waals surface area (Å²) in [5.41, 5.74) is 1.37. The lowest BCUT2D eigenvalue weighted by Gasteiger charge is -2.10. The fourth-order valence-corrected chi connectivity index (χ4v) is 1.81. The van der Waals surface area contributed by atoms with Gasteiger partial charge >= 0.3 is 0 Å². The zero-order chi connectivity index (χ0) is 14.5. The number of rotatable bonds is 5. The normalized spacial score (nSPS) is 10.7. The highest BCUT2D eigenvalue weighted by atomic mass is 19.3. The summed E-state index contributed by atoms with van der Waals surface area (Å²) in [6, 6.07) is 10.5. The van der Waals surface area contributed by atoms with Crippen molar-refractivity contribution >= 4 is 5.69 Å². The smallest absolute Gasteiger partial charge is 0.263 e. The van der Waals surface area contributed by atoms with Crippen molar-refractivity contribution in [1.82, 2.24) is 0 Å². The summed E-state index contributed by atoms with van der Waals surface area (Å²) in [7, 11) is 1.38. The van der Waals surface area contributed by atoms with E-state index in [1.54, 1.807) is 18.2 Å². The van der Waals surface area contributed by atoms with Gasteiger partial charge in [-0.25, -0.2) is 13.2 Å². The third-order valence-corrected chi connectivity index (χ3v) is 2.85.